The number of hydrogen-bond donors (Lipinski definition) is 1. The molecule has 0 radical (unpaired) electrons. The van der Waals surface area contributed by atoms with Gasteiger partial charge in [-0.25, -0.2) is 0 Å². The number of hydrogen-bond acceptors (Lipinski definition) is 3. The van der Waals surface area contributed by atoms with Gasteiger partial charge in [0.25, 0.3) is 0 Å². The maximum absolute atomic E-state index is 12.1. The molecule has 1 aliphatic heterocycles. The number of rotatable bonds is 5. The number of carbonyl (C=O) groups is 2. The molecule has 1 aromatic rings. The third kappa shape index (κ3) is 3.39. The van der Waals surface area contributed by atoms with E-state index in [1.165, 1.54) is 0 Å². The highest BCUT2D eigenvalue weighted by Gasteiger charge is 2.44. The van der Waals surface area contributed by atoms with Crippen LogP contribution < -0.4 is 0 Å². The minimum absolute atomic E-state index is 0.00258. The molecule has 1 heterocycles. The summed E-state index contributed by atoms with van der Waals surface area (Å²) in [5.41, 5.74) is 0.720. The number of amides is 1. The van der Waals surface area contributed by atoms with Crippen LogP contribution in [0.4, 0.5) is 0 Å². The zero-order chi connectivity index (χ0) is 15.6. The Labute approximate surface area is 136 Å². The number of ether oxygens (including phenoxy) is 1. The van der Waals surface area contributed by atoms with Crippen molar-refractivity contribution in [3.05, 3.63) is 33.3 Å². The fraction of sp³-hybridized carbons (Fsp3) is 0.429. The normalized spacial score (nSPS) is 21.9. The highest BCUT2D eigenvalue weighted by Crippen LogP contribution is 2.39. The highest BCUT2D eigenvalue weighted by atomic mass is 79.9. The van der Waals surface area contributed by atoms with Crippen molar-refractivity contribution in [3.8, 4) is 0 Å². The van der Waals surface area contributed by atoms with Gasteiger partial charge >= 0.3 is 5.97 Å². The zero-order valence-corrected chi connectivity index (χ0v) is 13.7. The minimum atomic E-state index is -0.979. The van der Waals surface area contributed by atoms with E-state index in [0.717, 1.165) is 10.0 Å². The molecule has 1 aromatic carbocycles. The summed E-state index contributed by atoms with van der Waals surface area (Å²) in [6.45, 7) is 0.719. The fourth-order valence-corrected chi connectivity index (χ4v) is 3.01. The first kappa shape index (κ1) is 16.3. The molecular weight excluding hydrogens is 362 g/mol. The van der Waals surface area contributed by atoms with Gasteiger partial charge in [-0.15, -0.1) is 0 Å². The minimum Gasteiger partial charge on any atom is -0.481 e. The molecule has 2 atom stereocenters. The van der Waals surface area contributed by atoms with Crippen LogP contribution in [0.1, 0.15) is 18.0 Å². The van der Waals surface area contributed by atoms with Gasteiger partial charge in [0.05, 0.1) is 23.6 Å². The first-order chi connectivity index (χ1) is 9.95. The number of likely N-dealkylation sites (tertiary alicyclic amines) is 1. The van der Waals surface area contributed by atoms with Crippen molar-refractivity contribution in [3.63, 3.8) is 0 Å². The third-order valence-electron chi connectivity index (χ3n) is 3.57. The molecule has 0 bridgehead atoms. The third-order valence-corrected chi connectivity index (χ3v) is 4.80. The van der Waals surface area contributed by atoms with Gasteiger partial charge in [0.2, 0.25) is 5.91 Å². The van der Waals surface area contributed by atoms with Crippen LogP contribution in [0.2, 0.25) is 5.02 Å². The molecule has 21 heavy (non-hydrogen) atoms. The summed E-state index contributed by atoms with van der Waals surface area (Å²) < 4.78 is 5.73. The second-order valence-electron chi connectivity index (χ2n) is 4.85. The summed E-state index contributed by atoms with van der Waals surface area (Å²) in [6, 6.07) is 4.73. The topological polar surface area (TPSA) is 66.8 Å². The van der Waals surface area contributed by atoms with E-state index >= 15 is 0 Å². The monoisotopic (exact) mass is 375 g/mol. The molecule has 2 unspecified atom stereocenters. The SMILES string of the molecule is COCCN1C(=O)CC(C(=O)O)C1c1ccc(Br)c(Cl)c1. The Balaban J connectivity index is 2.38. The number of carboxylic acids is 1. The molecule has 1 fully saturated rings. The van der Waals surface area contributed by atoms with Crippen LogP contribution >= 0.6 is 27.5 Å². The standard InChI is InChI=1S/C14H15BrClNO4/c1-21-5-4-17-12(18)7-9(14(19)20)13(17)8-2-3-10(15)11(16)6-8/h2-3,6,9,13H,4-5,7H2,1H3,(H,19,20). The molecule has 7 heteroatoms. The molecule has 114 valence electrons. The Morgan fingerprint density at radius 3 is 2.86 bits per heavy atom. The van der Waals surface area contributed by atoms with E-state index in [0.29, 0.717) is 18.2 Å². The Morgan fingerprint density at radius 1 is 1.57 bits per heavy atom. The van der Waals surface area contributed by atoms with Gasteiger partial charge in [0, 0.05) is 24.5 Å². The molecule has 1 amide bonds. The van der Waals surface area contributed by atoms with Crippen molar-refractivity contribution in [2.75, 3.05) is 20.3 Å². The quantitative estimate of drug-likeness (QED) is 0.858. The summed E-state index contributed by atoms with van der Waals surface area (Å²) >= 11 is 9.39. The average Bonchev–Trinajstić information content (AvgIpc) is 2.77. The molecule has 0 saturated carbocycles. The number of methoxy groups -OCH3 is 1. The second kappa shape index (κ2) is 6.77. The van der Waals surface area contributed by atoms with Gasteiger partial charge in [0.1, 0.15) is 0 Å². The highest BCUT2D eigenvalue weighted by molar-refractivity contribution is 9.10. The smallest absolute Gasteiger partial charge is 0.309 e. The van der Waals surface area contributed by atoms with Gasteiger partial charge in [-0.1, -0.05) is 17.7 Å². The predicted molar refractivity (Wildman–Crippen MR) is 81.2 cm³/mol. The number of benzene rings is 1. The molecule has 2 rings (SSSR count). The van der Waals surface area contributed by atoms with Crippen LogP contribution in [-0.4, -0.2) is 42.1 Å². The number of aliphatic carboxylic acids is 1. The van der Waals surface area contributed by atoms with Crippen molar-refractivity contribution < 1.29 is 19.4 Å². The molecule has 0 aromatic heterocycles. The number of halogens is 2. The summed E-state index contributed by atoms with van der Waals surface area (Å²) in [6.07, 6.45) is -0.00258. The van der Waals surface area contributed by atoms with Crippen molar-refractivity contribution in [1.82, 2.24) is 4.90 Å². The van der Waals surface area contributed by atoms with E-state index in [1.54, 1.807) is 30.2 Å². The summed E-state index contributed by atoms with van der Waals surface area (Å²) in [4.78, 5) is 25.1. The van der Waals surface area contributed by atoms with E-state index in [-0.39, 0.29) is 12.3 Å². The molecule has 5 nitrogen and oxygen atoms in total. The first-order valence-corrected chi connectivity index (χ1v) is 7.59. The first-order valence-electron chi connectivity index (χ1n) is 6.42. The Kier molecular flexibility index (Phi) is 5.24. The lowest BCUT2D eigenvalue weighted by Gasteiger charge is -2.27. The van der Waals surface area contributed by atoms with Crippen molar-refractivity contribution in [2.45, 2.75) is 12.5 Å². The van der Waals surface area contributed by atoms with Crippen molar-refractivity contribution >= 4 is 39.4 Å². The van der Waals surface area contributed by atoms with Crippen LogP contribution in [0, 0.1) is 5.92 Å². The summed E-state index contributed by atoms with van der Waals surface area (Å²) in [5, 5.41) is 9.87. The Bertz CT molecular complexity index is 566. The lowest BCUT2D eigenvalue weighted by atomic mass is 9.94. The summed E-state index contributed by atoms with van der Waals surface area (Å²) in [7, 11) is 1.54. The Hall–Kier alpha value is -1.11. The van der Waals surface area contributed by atoms with Gasteiger partial charge in [-0.05, 0) is 33.6 Å². The van der Waals surface area contributed by atoms with Gasteiger partial charge in [0.15, 0.2) is 0 Å². The van der Waals surface area contributed by atoms with Crippen LogP contribution in [0.3, 0.4) is 0 Å². The number of nitrogens with zero attached hydrogens (tertiary/aromatic N) is 1. The van der Waals surface area contributed by atoms with Gasteiger partial charge in [-0.3, -0.25) is 9.59 Å². The van der Waals surface area contributed by atoms with Crippen LogP contribution in [0.5, 0.6) is 0 Å². The molecule has 1 saturated heterocycles. The van der Waals surface area contributed by atoms with Gasteiger partial charge in [-0.2, -0.15) is 0 Å². The van der Waals surface area contributed by atoms with E-state index in [4.69, 9.17) is 16.3 Å². The van der Waals surface area contributed by atoms with E-state index in [2.05, 4.69) is 15.9 Å². The largest absolute Gasteiger partial charge is 0.481 e. The van der Waals surface area contributed by atoms with Crippen molar-refractivity contribution in [1.29, 1.82) is 0 Å². The lowest BCUT2D eigenvalue weighted by molar-refractivity contribution is -0.142. The molecule has 1 N–H and O–H groups in total. The van der Waals surface area contributed by atoms with E-state index in [1.807, 2.05) is 0 Å². The number of carbonyl (C=O) groups excluding carboxylic acids is 1. The predicted octanol–water partition coefficient (Wildman–Crippen LogP) is 2.72. The number of carboxylic acid groups (broad SMARTS) is 1. The summed E-state index contributed by atoms with van der Waals surface area (Å²) in [5.74, 6) is -1.93. The fourth-order valence-electron chi connectivity index (χ4n) is 2.57. The molecule has 1 aliphatic rings. The Morgan fingerprint density at radius 2 is 2.29 bits per heavy atom. The zero-order valence-electron chi connectivity index (χ0n) is 11.4. The van der Waals surface area contributed by atoms with Crippen LogP contribution in [-0.2, 0) is 14.3 Å². The molecule has 0 spiro atoms. The maximum Gasteiger partial charge on any atom is 0.309 e. The van der Waals surface area contributed by atoms with Crippen LogP contribution in [0.25, 0.3) is 0 Å². The van der Waals surface area contributed by atoms with E-state index < -0.39 is 17.9 Å². The maximum atomic E-state index is 12.1. The van der Waals surface area contributed by atoms with Crippen molar-refractivity contribution in [2.24, 2.45) is 5.92 Å². The molecule has 0 aliphatic carbocycles. The van der Waals surface area contributed by atoms with E-state index in [9.17, 15) is 14.7 Å². The van der Waals surface area contributed by atoms with Crippen LogP contribution in [0.15, 0.2) is 22.7 Å². The lowest BCUT2D eigenvalue weighted by Crippen LogP contribution is -2.33. The average molecular weight is 377 g/mol. The van der Waals surface area contributed by atoms with Gasteiger partial charge < -0.3 is 14.7 Å². The molecular formula is C14H15BrClNO4. The second-order valence-corrected chi connectivity index (χ2v) is 6.11.